The largest absolute Gasteiger partial charge is 0.346 e. The molecule has 0 bridgehead atoms. The van der Waals surface area contributed by atoms with Crippen molar-refractivity contribution < 1.29 is 4.79 Å². The molecule has 3 aromatic heterocycles. The van der Waals surface area contributed by atoms with Gasteiger partial charge >= 0.3 is 0 Å². The van der Waals surface area contributed by atoms with Crippen molar-refractivity contribution in [1.29, 1.82) is 0 Å². The fourth-order valence-electron chi connectivity index (χ4n) is 3.16. The Bertz CT molecular complexity index is 834. The van der Waals surface area contributed by atoms with E-state index in [0.29, 0.717) is 17.5 Å². The average molecular weight is 327 g/mol. The first-order valence-corrected chi connectivity index (χ1v) is 8.71. The average Bonchev–Trinajstić information content (AvgIpc) is 3.27. The van der Waals surface area contributed by atoms with Gasteiger partial charge in [0.25, 0.3) is 0 Å². The van der Waals surface area contributed by atoms with E-state index < -0.39 is 0 Å². The van der Waals surface area contributed by atoms with E-state index in [-0.39, 0.29) is 5.91 Å². The Morgan fingerprint density at radius 3 is 3.09 bits per heavy atom. The van der Waals surface area contributed by atoms with E-state index in [1.165, 1.54) is 43.3 Å². The molecular formula is C16H17N5OS. The molecule has 2 N–H and O–H groups in total. The molecule has 1 aliphatic carbocycles. The number of anilines is 1. The maximum atomic E-state index is 12.1. The van der Waals surface area contributed by atoms with Gasteiger partial charge in [0.15, 0.2) is 5.13 Å². The van der Waals surface area contributed by atoms with Gasteiger partial charge in [-0.1, -0.05) is 12.8 Å². The Morgan fingerprint density at radius 1 is 1.35 bits per heavy atom. The fraction of sp³-hybridized carbons (Fsp3) is 0.375. The van der Waals surface area contributed by atoms with Crippen molar-refractivity contribution in [2.24, 2.45) is 5.92 Å². The number of rotatable bonds is 4. The molecule has 3 aromatic rings. The lowest BCUT2D eigenvalue weighted by Crippen LogP contribution is -2.14. The summed E-state index contributed by atoms with van der Waals surface area (Å²) in [5.74, 6) is 0.600. The third-order valence-electron chi connectivity index (χ3n) is 4.30. The first kappa shape index (κ1) is 14.3. The van der Waals surface area contributed by atoms with Crippen LogP contribution in [0, 0.1) is 5.92 Å². The van der Waals surface area contributed by atoms with Crippen LogP contribution < -0.4 is 5.32 Å². The van der Waals surface area contributed by atoms with Crippen molar-refractivity contribution in [3.8, 4) is 11.4 Å². The summed E-state index contributed by atoms with van der Waals surface area (Å²) < 4.78 is 0. The van der Waals surface area contributed by atoms with Gasteiger partial charge < -0.3 is 10.3 Å². The maximum absolute atomic E-state index is 12.1. The first-order chi connectivity index (χ1) is 11.3. The highest BCUT2D eigenvalue weighted by Gasteiger charge is 2.19. The molecule has 0 spiro atoms. The van der Waals surface area contributed by atoms with E-state index in [4.69, 9.17) is 0 Å². The number of amides is 1. The van der Waals surface area contributed by atoms with Crippen LogP contribution in [0.15, 0.2) is 24.0 Å². The van der Waals surface area contributed by atoms with Crippen molar-refractivity contribution in [3.63, 3.8) is 0 Å². The Kier molecular flexibility index (Phi) is 3.78. The molecule has 1 aliphatic rings. The summed E-state index contributed by atoms with van der Waals surface area (Å²) in [7, 11) is 0. The minimum absolute atomic E-state index is 0.0623. The molecule has 7 heteroatoms. The van der Waals surface area contributed by atoms with Crippen molar-refractivity contribution >= 4 is 33.4 Å². The molecule has 0 saturated heterocycles. The molecule has 0 atom stereocenters. The van der Waals surface area contributed by atoms with Gasteiger partial charge in [0.2, 0.25) is 5.91 Å². The summed E-state index contributed by atoms with van der Waals surface area (Å²) in [5, 5.41) is 6.40. The number of carbonyl (C=O) groups excluding carboxylic acids is 1. The van der Waals surface area contributed by atoms with Crippen molar-refractivity contribution in [3.05, 3.63) is 24.0 Å². The highest BCUT2D eigenvalue weighted by atomic mass is 32.1. The Hall–Kier alpha value is -2.28. The quantitative estimate of drug-likeness (QED) is 0.767. The highest BCUT2D eigenvalue weighted by molar-refractivity contribution is 7.14. The number of hydrogen-bond acceptors (Lipinski definition) is 5. The third kappa shape index (κ3) is 2.96. The summed E-state index contributed by atoms with van der Waals surface area (Å²) in [5.41, 5.74) is 2.33. The molecule has 0 aromatic carbocycles. The zero-order chi connectivity index (χ0) is 15.6. The molecule has 0 unspecified atom stereocenters. The van der Waals surface area contributed by atoms with E-state index in [9.17, 15) is 4.79 Å². The summed E-state index contributed by atoms with van der Waals surface area (Å²) in [6.45, 7) is 0. The van der Waals surface area contributed by atoms with Crippen LogP contribution in [0.1, 0.15) is 32.1 Å². The third-order valence-corrected chi connectivity index (χ3v) is 5.05. The molecule has 118 valence electrons. The number of carbonyl (C=O) groups is 1. The lowest BCUT2D eigenvalue weighted by atomic mass is 10.0. The maximum Gasteiger partial charge on any atom is 0.226 e. The number of nitrogens with one attached hydrogen (secondary N) is 2. The summed E-state index contributed by atoms with van der Waals surface area (Å²) in [6.07, 6.45) is 8.79. The number of hydrogen-bond donors (Lipinski definition) is 2. The molecule has 4 rings (SSSR count). The van der Waals surface area contributed by atoms with Crippen LogP contribution in [0.2, 0.25) is 0 Å². The van der Waals surface area contributed by atoms with Crippen LogP contribution in [0.4, 0.5) is 5.13 Å². The molecule has 0 radical (unpaired) electrons. The van der Waals surface area contributed by atoms with Crippen LogP contribution in [-0.4, -0.2) is 25.8 Å². The molecule has 23 heavy (non-hydrogen) atoms. The van der Waals surface area contributed by atoms with Crippen LogP contribution >= 0.6 is 11.3 Å². The number of H-pyrrole nitrogens is 1. The van der Waals surface area contributed by atoms with Crippen LogP contribution in [0.25, 0.3) is 22.4 Å². The molecular weight excluding hydrogens is 310 g/mol. The Morgan fingerprint density at radius 2 is 2.22 bits per heavy atom. The number of aromatic amines is 1. The van der Waals surface area contributed by atoms with Crippen LogP contribution in [-0.2, 0) is 4.79 Å². The Balaban J connectivity index is 1.50. The summed E-state index contributed by atoms with van der Waals surface area (Å²) in [4.78, 5) is 28.2. The van der Waals surface area contributed by atoms with E-state index in [2.05, 4.69) is 25.3 Å². The standard InChI is InChI=1S/C16H17N5OS/c22-13(7-10-3-1-2-4-10)21-16-20-12(8-23-16)14-11-5-6-17-15(11)19-9-18-14/h5-6,8-10H,1-4,7H2,(H,17,18,19)(H,20,21,22). The van der Waals surface area contributed by atoms with Crippen LogP contribution in [0.5, 0.6) is 0 Å². The zero-order valence-corrected chi connectivity index (χ0v) is 13.4. The van der Waals surface area contributed by atoms with Crippen molar-refractivity contribution in [1.82, 2.24) is 19.9 Å². The van der Waals surface area contributed by atoms with Crippen molar-refractivity contribution in [2.75, 3.05) is 5.32 Å². The van der Waals surface area contributed by atoms with E-state index >= 15 is 0 Å². The van der Waals surface area contributed by atoms with Gasteiger partial charge in [-0.05, 0) is 24.8 Å². The van der Waals surface area contributed by atoms with Gasteiger partial charge in [-0.25, -0.2) is 15.0 Å². The number of fused-ring (bicyclic) bond motifs is 1. The number of thiazole rings is 1. The molecule has 0 aliphatic heterocycles. The number of aromatic nitrogens is 4. The van der Waals surface area contributed by atoms with Gasteiger partial charge in [0.1, 0.15) is 23.4 Å². The minimum atomic E-state index is 0.0623. The zero-order valence-electron chi connectivity index (χ0n) is 12.6. The lowest BCUT2D eigenvalue weighted by Gasteiger charge is -2.07. The second kappa shape index (κ2) is 6.08. The molecule has 1 amide bonds. The topological polar surface area (TPSA) is 83.6 Å². The van der Waals surface area contributed by atoms with E-state index in [1.807, 2.05) is 17.6 Å². The van der Waals surface area contributed by atoms with Gasteiger partial charge in [-0.15, -0.1) is 11.3 Å². The Labute approximate surface area is 137 Å². The van der Waals surface area contributed by atoms with Gasteiger partial charge in [-0.3, -0.25) is 4.79 Å². The molecule has 1 fully saturated rings. The first-order valence-electron chi connectivity index (χ1n) is 7.83. The van der Waals surface area contributed by atoms with Gasteiger partial charge in [0.05, 0.1) is 0 Å². The van der Waals surface area contributed by atoms with E-state index in [1.54, 1.807) is 0 Å². The normalized spacial score (nSPS) is 15.3. The predicted molar refractivity (Wildman–Crippen MR) is 90.2 cm³/mol. The fourth-order valence-corrected chi connectivity index (χ4v) is 3.87. The number of nitrogens with zero attached hydrogens (tertiary/aromatic N) is 3. The molecule has 6 nitrogen and oxygen atoms in total. The monoisotopic (exact) mass is 327 g/mol. The molecule has 1 saturated carbocycles. The smallest absolute Gasteiger partial charge is 0.226 e. The van der Waals surface area contributed by atoms with Crippen LogP contribution in [0.3, 0.4) is 0 Å². The second-order valence-corrected chi connectivity index (χ2v) is 6.76. The lowest BCUT2D eigenvalue weighted by molar-refractivity contribution is -0.117. The minimum Gasteiger partial charge on any atom is -0.346 e. The van der Waals surface area contributed by atoms with Gasteiger partial charge in [-0.2, -0.15) is 0 Å². The predicted octanol–water partition coefficient (Wildman–Crippen LogP) is 3.60. The molecule has 3 heterocycles. The van der Waals surface area contributed by atoms with Crippen molar-refractivity contribution in [2.45, 2.75) is 32.1 Å². The summed E-state index contributed by atoms with van der Waals surface area (Å²) >= 11 is 1.43. The van der Waals surface area contributed by atoms with E-state index in [0.717, 1.165) is 22.4 Å². The second-order valence-electron chi connectivity index (χ2n) is 5.90. The van der Waals surface area contributed by atoms with Gasteiger partial charge in [0, 0.05) is 23.4 Å². The highest BCUT2D eigenvalue weighted by Crippen LogP contribution is 2.30. The SMILES string of the molecule is O=C(CC1CCCC1)Nc1nc(-c2ncnc3[nH]ccc23)cs1. The summed E-state index contributed by atoms with van der Waals surface area (Å²) in [6, 6.07) is 1.93.